The van der Waals surface area contributed by atoms with Crippen LogP contribution >= 0.6 is 0 Å². The highest BCUT2D eigenvalue weighted by molar-refractivity contribution is 6.06. The smallest absolute Gasteiger partial charge is 0.260 e. The monoisotopic (exact) mass is 414 g/mol. The highest BCUT2D eigenvalue weighted by Crippen LogP contribution is 2.26. The van der Waals surface area contributed by atoms with Crippen LogP contribution in [0.4, 0.5) is 10.1 Å². The molecule has 31 heavy (non-hydrogen) atoms. The molecule has 0 atom stereocenters. The molecule has 0 spiro atoms. The lowest BCUT2D eigenvalue weighted by Crippen LogP contribution is -2.31. The van der Waals surface area contributed by atoms with Crippen LogP contribution < -0.4 is 10.5 Å². The van der Waals surface area contributed by atoms with E-state index >= 15 is 0 Å². The number of nitrogens with zero attached hydrogens (tertiary/aromatic N) is 3. The predicted molar refractivity (Wildman–Crippen MR) is 116 cm³/mol. The number of nitrogens with one attached hydrogen (secondary N) is 1. The molecule has 2 aromatic carbocycles. The zero-order valence-corrected chi connectivity index (χ0v) is 17.0. The summed E-state index contributed by atoms with van der Waals surface area (Å²) in [7, 11) is 1.57. The van der Waals surface area contributed by atoms with Gasteiger partial charge in [0.2, 0.25) is 5.56 Å². The van der Waals surface area contributed by atoms with E-state index in [9.17, 15) is 19.2 Å². The van der Waals surface area contributed by atoms with E-state index in [4.69, 9.17) is 0 Å². The lowest BCUT2D eigenvalue weighted by atomic mass is 10.1. The summed E-state index contributed by atoms with van der Waals surface area (Å²) < 4.78 is 15.3. The lowest BCUT2D eigenvalue weighted by Gasteiger charge is -2.24. The van der Waals surface area contributed by atoms with Crippen LogP contribution in [0.15, 0.2) is 65.6 Å². The number of hydrogen-bond donors (Lipinski definition) is 1. The summed E-state index contributed by atoms with van der Waals surface area (Å²) in [5, 5.41) is 10.2. The Kier molecular flexibility index (Phi) is 5.14. The van der Waals surface area contributed by atoms with E-state index in [2.05, 4.69) is 4.98 Å². The Balaban J connectivity index is 1.84. The minimum atomic E-state index is -0.649. The van der Waals surface area contributed by atoms with Crippen LogP contribution in [0.25, 0.3) is 10.9 Å². The van der Waals surface area contributed by atoms with Gasteiger partial charge in [-0.1, -0.05) is 12.1 Å². The molecule has 2 heterocycles. The second-order valence-corrected chi connectivity index (χ2v) is 7.36. The van der Waals surface area contributed by atoms with Crippen molar-refractivity contribution in [1.82, 2.24) is 9.55 Å². The third kappa shape index (κ3) is 3.83. The number of aromatic nitrogens is 2. The molecule has 0 unspecified atom stereocenters. The Hall–Kier alpha value is -4.18. The molecule has 4 rings (SSSR count). The zero-order valence-electron chi connectivity index (χ0n) is 17.0. The number of nitriles is 1. The van der Waals surface area contributed by atoms with Crippen molar-refractivity contribution in [1.29, 1.82) is 5.26 Å². The molecule has 0 saturated heterocycles. The largest absolute Gasteiger partial charge is 0.359 e. The molecule has 6 nitrogen and oxygen atoms in total. The zero-order chi connectivity index (χ0) is 22.1. The van der Waals surface area contributed by atoms with Crippen molar-refractivity contribution < 1.29 is 9.18 Å². The Morgan fingerprint density at radius 1 is 1.19 bits per heavy atom. The van der Waals surface area contributed by atoms with Gasteiger partial charge in [-0.15, -0.1) is 0 Å². The number of hydrogen-bond acceptors (Lipinski definition) is 3. The first-order valence-electron chi connectivity index (χ1n) is 9.63. The summed E-state index contributed by atoms with van der Waals surface area (Å²) >= 11 is 0. The number of carbonyl (C=O) groups is 1. The molecule has 0 radical (unpaired) electrons. The van der Waals surface area contributed by atoms with Crippen LogP contribution in [0, 0.1) is 24.1 Å². The lowest BCUT2D eigenvalue weighted by molar-refractivity contribution is 0.0984. The quantitative estimate of drug-likeness (QED) is 0.547. The van der Waals surface area contributed by atoms with Crippen LogP contribution in [-0.4, -0.2) is 15.5 Å². The topological polar surface area (TPSA) is 81.9 Å². The maximum absolute atomic E-state index is 13.9. The molecule has 0 fully saturated rings. The number of benzene rings is 2. The Morgan fingerprint density at radius 3 is 2.74 bits per heavy atom. The summed E-state index contributed by atoms with van der Waals surface area (Å²) in [6, 6.07) is 16.4. The molecule has 0 aliphatic heterocycles. The molecule has 0 aliphatic carbocycles. The number of pyridine rings is 1. The van der Waals surface area contributed by atoms with Crippen LogP contribution in [-0.2, 0) is 13.6 Å². The van der Waals surface area contributed by atoms with Crippen molar-refractivity contribution in [3.05, 3.63) is 99.3 Å². The molecule has 0 bridgehead atoms. The average Bonchev–Trinajstić information content (AvgIpc) is 3.15. The first-order chi connectivity index (χ1) is 14.9. The summed E-state index contributed by atoms with van der Waals surface area (Å²) in [5.41, 5.74) is 3.15. The van der Waals surface area contributed by atoms with Gasteiger partial charge >= 0.3 is 0 Å². The third-order valence-electron chi connectivity index (χ3n) is 5.18. The van der Waals surface area contributed by atoms with Crippen molar-refractivity contribution in [2.24, 2.45) is 7.05 Å². The van der Waals surface area contributed by atoms with E-state index in [-0.39, 0.29) is 23.6 Å². The number of amides is 1. The van der Waals surface area contributed by atoms with Crippen molar-refractivity contribution in [3.63, 3.8) is 0 Å². The standard InChI is InChI=1S/C24H19FN4O2/c1-15-10-20-16(4-3-5-22(20)27-15)14-29(19-7-8-21(25)18(11-19)12-26)24(31)17-6-9-23(30)28(2)13-17/h3-11,13,27H,14H2,1-2H3. The van der Waals surface area contributed by atoms with E-state index in [1.54, 1.807) is 7.05 Å². The van der Waals surface area contributed by atoms with Gasteiger partial charge in [0.05, 0.1) is 17.7 Å². The Bertz CT molecular complexity index is 1410. The minimum absolute atomic E-state index is 0.147. The second-order valence-electron chi connectivity index (χ2n) is 7.36. The van der Waals surface area contributed by atoms with Crippen LogP contribution in [0.5, 0.6) is 0 Å². The number of rotatable bonds is 4. The van der Waals surface area contributed by atoms with Gasteiger partial charge in [-0.05, 0) is 48.9 Å². The van der Waals surface area contributed by atoms with E-state index in [0.717, 1.165) is 22.2 Å². The van der Waals surface area contributed by atoms with E-state index in [1.807, 2.05) is 37.3 Å². The second kappa shape index (κ2) is 7.92. The number of aromatic amines is 1. The molecule has 154 valence electrons. The maximum Gasteiger partial charge on any atom is 0.260 e. The highest BCUT2D eigenvalue weighted by Gasteiger charge is 2.21. The number of fused-ring (bicyclic) bond motifs is 1. The third-order valence-corrected chi connectivity index (χ3v) is 5.18. The number of aryl methyl sites for hydroxylation is 2. The SMILES string of the molecule is Cc1cc2c(CN(C(=O)c3ccc(=O)n(C)c3)c3ccc(F)c(C#N)c3)cccc2[nH]1. The molecule has 7 heteroatoms. The fourth-order valence-electron chi connectivity index (χ4n) is 3.59. The molecule has 2 aromatic heterocycles. The van der Waals surface area contributed by atoms with Gasteiger partial charge < -0.3 is 14.5 Å². The van der Waals surface area contributed by atoms with Gasteiger partial charge in [0.25, 0.3) is 5.91 Å². The molecular weight excluding hydrogens is 395 g/mol. The summed E-state index contributed by atoms with van der Waals surface area (Å²) in [5.74, 6) is -1.01. The van der Waals surface area contributed by atoms with Gasteiger partial charge in [-0.2, -0.15) is 5.26 Å². The Labute approximate surface area is 177 Å². The van der Waals surface area contributed by atoms with Crippen molar-refractivity contribution in [3.8, 4) is 6.07 Å². The summed E-state index contributed by atoms with van der Waals surface area (Å²) in [4.78, 5) is 30.0. The molecule has 0 aliphatic rings. The van der Waals surface area contributed by atoms with Gasteiger partial charge in [-0.25, -0.2) is 4.39 Å². The number of H-pyrrole nitrogens is 1. The van der Waals surface area contributed by atoms with Crippen LogP contribution in [0.2, 0.25) is 0 Å². The first-order valence-corrected chi connectivity index (χ1v) is 9.63. The summed E-state index contributed by atoms with van der Waals surface area (Å²) in [6.07, 6.45) is 1.47. The number of carbonyl (C=O) groups excluding carboxylic acids is 1. The van der Waals surface area contributed by atoms with Gasteiger partial charge in [-0.3, -0.25) is 9.59 Å². The normalized spacial score (nSPS) is 10.8. The first kappa shape index (κ1) is 20.1. The minimum Gasteiger partial charge on any atom is -0.359 e. The number of anilines is 1. The molecule has 4 aromatic rings. The van der Waals surface area contributed by atoms with Crippen LogP contribution in [0.3, 0.4) is 0 Å². The van der Waals surface area contributed by atoms with Crippen molar-refractivity contribution in [2.45, 2.75) is 13.5 Å². The fourth-order valence-corrected chi connectivity index (χ4v) is 3.59. The van der Waals surface area contributed by atoms with E-state index in [1.165, 1.54) is 46.0 Å². The average molecular weight is 414 g/mol. The molecule has 0 saturated carbocycles. The molecular formula is C24H19FN4O2. The Morgan fingerprint density at radius 2 is 2.00 bits per heavy atom. The highest BCUT2D eigenvalue weighted by atomic mass is 19.1. The summed E-state index contributed by atoms with van der Waals surface area (Å²) in [6.45, 7) is 2.16. The van der Waals surface area contributed by atoms with E-state index in [0.29, 0.717) is 11.3 Å². The van der Waals surface area contributed by atoms with Crippen molar-refractivity contribution >= 4 is 22.5 Å². The molecule has 1 N–H and O–H groups in total. The van der Waals surface area contributed by atoms with Gasteiger partial charge in [0, 0.05) is 41.6 Å². The van der Waals surface area contributed by atoms with Gasteiger partial charge in [0.1, 0.15) is 11.9 Å². The fraction of sp³-hybridized carbons (Fsp3) is 0.125. The molecule has 1 amide bonds. The number of halogens is 1. The van der Waals surface area contributed by atoms with Crippen LogP contribution in [0.1, 0.15) is 27.2 Å². The van der Waals surface area contributed by atoms with Crippen molar-refractivity contribution in [2.75, 3.05) is 4.90 Å². The van der Waals surface area contributed by atoms with Gasteiger partial charge in [0.15, 0.2) is 0 Å². The van der Waals surface area contributed by atoms with E-state index < -0.39 is 5.82 Å². The predicted octanol–water partition coefficient (Wildman–Crippen LogP) is 4.03. The maximum atomic E-state index is 13.9.